The van der Waals surface area contributed by atoms with Gasteiger partial charge in [0.1, 0.15) is 4.99 Å². The molecule has 0 aliphatic rings. The van der Waals surface area contributed by atoms with Gasteiger partial charge in [0, 0.05) is 28.4 Å². The van der Waals surface area contributed by atoms with E-state index < -0.39 is 0 Å². The Morgan fingerprint density at radius 2 is 0.969 bits per heavy atom. The van der Waals surface area contributed by atoms with E-state index in [1.807, 2.05) is 116 Å². The maximum Gasteiger partial charge on any atom is 0.125 e. The first-order valence-corrected chi connectivity index (χ1v) is 10.8. The second kappa shape index (κ2) is 10.4. The second-order valence-electron chi connectivity index (χ2n) is 7.26. The number of aliphatic imine (C=N–C) groups is 1. The van der Waals surface area contributed by atoms with Crippen molar-refractivity contribution >= 4 is 57.0 Å². The summed E-state index contributed by atoms with van der Waals surface area (Å²) in [6.45, 7) is 1.91. The maximum atomic E-state index is 5.54. The lowest BCUT2D eigenvalue weighted by molar-refractivity contribution is 1.49. The third-order valence-electron chi connectivity index (χ3n) is 4.76. The SMILES string of the molecule is CC(=Nc1ccc(Nc2ccccc2)cc1)C(=S)Nc1ccc(Nc2ccccc2)cc1. The van der Waals surface area contributed by atoms with E-state index in [9.17, 15) is 0 Å². The lowest BCUT2D eigenvalue weighted by Crippen LogP contribution is -2.17. The number of benzene rings is 4. The molecular formula is C27H24N4S. The van der Waals surface area contributed by atoms with Crippen LogP contribution in [0.15, 0.2) is 114 Å². The molecule has 0 aliphatic heterocycles. The molecule has 0 heterocycles. The Balaban J connectivity index is 1.34. The topological polar surface area (TPSA) is 48.5 Å². The zero-order valence-electron chi connectivity index (χ0n) is 17.7. The fourth-order valence-corrected chi connectivity index (χ4v) is 3.26. The fraction of sp³-hybridized carbons (Fsp3) is 0.0370. The summed E-state index contributed by atoms with van der Waals surface area (Å²) >= 11 is 5.54. The van der Waals surface area contributed by atoms with E-state index in [4.69, 9.17) is 12.2 Å². The molecule has 0 fully saturated rings. The van der Waals surface area contributed by atoms with Crippen molar-refractivity contribution in [3.63, 3.8) is 0 Å². The summed E-state index contributed by atoms with van der Waals surface area (Å²) in [5.74, 6) is 0. The highest BCUT2D eigenvalue weighted by Gasteiger charge is 2.04. The van der Waals surface area contributed by atoms with Gasteiger partial charge >= 0.3 is 0 Å². The number of hydrogen-bond donors (Lipinski definition) is 3. The van der Waals surface area contributed by atoms with Crippen molar-refractivity contribution in [3.8, 4) is 0 Å². The van der Waals surface area contributed by atoms with Gasteiger partial charge in [0.25, 0.3) is 0 Å². The van der Waals surface area contributed by atoms with E-state index in [1.165, 1.54) is 0 Å². The molecule has 3 N–H and O–H groups in total. The molecular weight excluding hydrogens is 412 g/mol. The summed E-state index contributed by atoms with van der Waals surface area (Å²) in [6, 6.07) is 36.1. The van der Waals surface area contributed by atoms with Crippen LogP contribution in [-0.2, 0) is 0 Å². The van der Waals surface area contributed by atoms with Crippen LogP contribution < -0.4 is 16.0 Å². The van der Waals surface area contributed by atoms with Crippen LogP contribution in [0.25, 0.3) is 0 Å². The Kier molecular flexibility index (Phi) is 6.90. The monoisotopic (exact) mass is 436 g/mol. The lowest BCUT2D eigenvalue weighted by atomic mass is 10.2. The predicted molar refractivity (Wildman–Crippen MR) is 141 cm³/mol. The van der Waals surface area contributed by atoms with E-state index in [0.29, 0.717) is 4.99 Å². The third-order valence-corrected chi connectivity index (χ3v) is 5.16. The predicted octanol–water partition coefficient (Wildman–Crippen LogP) is 7.71. The minimum absolute atomic E-state index is 0.597. The van der Waals surface area contributed by atoms with Gasteiger partial charge in [-0.25, -0.2) is 0 Å². The summed E-state index contributed by atoms with van der Waals surface area (Å²) in [5.41, 5.74) is 6.67. The summed E-state index contributed by atoms with van der Waals surface area (Å²) in [5, 5.41) is 10.00. The fourth-order valence-electron chi connectivity index (χ4n) is 3.10. The third kappa shape index (κ3) is 6.03. The van der Waals surface area contributed by atoms with Gasteiger partial charge in [-0.1, -0.05) is 48.6 Å². The molecule has 0 amide bonds. The number of nitrogens with zero attached hydrogens (tertiary/aromatic N) is 1. The van der Waals surface area contributed by atoms with Gasteiger partial charge in [0.15, 0.2) is 0 Å². The summed E-state index contributed by atoms with van der Waals surface area (Å²) in [7, 11) is 0. The van der Waals surface area contributed by atoms with Crippen LogP contribution in [0, 0.1) is 0 Å². The molecule has 0 aliphatic carbocycles. The molecule has 0 saturated carbocycles. The molecule has 0 saturated heterocycles. The number of rotatable bonds is 7. The van der Waals surface area contributed by atoms with Crippen molar-refractivity contribution in [2.24, 2.45) is 4.99 Å². The number of para-hydroxylation sites is 2. The van der Waals surface area contributed by atoms with E-state index in [0.717, 1.165) is 39.8 Å². The molecule has 5 heteroatoms. The Bertz CT molecular complexity index is 1190. The van der Waals surface area contributed by atoms with Crippen molar-refractivity contribution in [2.75, 3.05) is 16.0 Å². The summed E-state index contributed by atoms with van der Waals surface area (Å²) in [4.78, 5) is 5.25. The molecule has 4 aromatic carbocycles. The Hall–Kier alpha value is -3.96. The van der Waals surface area contributed by atoms with Gasteiger partial charge in [-0.15, -0.1) is 0 Å². The van der Waals surface area contributed by atoms with E-state index in [-0.39, 0.29) is 0 Å². The van der Waals surface area contributed by atoms with Gasteiger partial charge < -0.3 is 16.0 Å². The highest BCUT2D eigenvalue weighted by Crippen LogP contribution is 2.21. The average molecular weight is 437 g/mol. The summed E-state index contributed by atoms with van der Waals surface area (Å²) in [6.07, 6.45) is 0. The molecule has 158 valence electrons. The zero-order valence-corrected chi connectivity index (χ0v) is 18.6. The Morgan fingerprint density at radius 3 is 1.47 bits per heavy atom. The van der Waals surface area contributed by atoms with Crippen LogP contribution in [0.4, 0.5) is 34.1 Å². The van der Waals surface area contributed by atoms with Crippen LogP contribution in [-0.4, -0.2) is 10.7 Å². The van der Waals surface area contributed by atoms with E-state index in [1.54, 1.807) is 0 Å². The van der Waals surface area contributed by atoms with Crippen LogP contribution in [0.5, 0.6) is 0 Å². The van der Waals surface area contributed by atoms with Gasteiger partial charge in [-0.2, -0.15) is 0 Å². The van der Waals surface area contributed by atoms with Crippen LogP contribution in [0.3, 0.4) is 0 Å². The first kappa shape index (κ1) is 21.3. The normalized spacial score (nSPS) is 11.0. The molecule has 0 spiro atoms. The van der Waals surface area contributed by atoms with Crippen molar-refractivity contribution in [2.45, 2.75) is 6.92 Å². The minimum atomic E-state index is 0.597. The standard InChI is InChI=1S/C27H24N4S/c1-20(28-23-12-14-24(15-13-23)29-21-8-4-2-5-9-21)27(32)31-26-18-16-25(17-19-26)30-22-10-6-3-7-11-22/h2-19,29-30H,1H3,(H,31,32). The quantitative estimate of drug-likeness (QED) is 0.205. The number of thiocarbonyl (C=S) groups is 1. The highest BCUT2D eigenvalue weighted by molar-refractivity contribution is 7.82. The molecule has 0 bridgehead atoms. The lowest BCUT2D eigenvalue weighted by Gasteiger charge is -2.10. The molecule has 0 atom stereocenters. The largest absolute Gasteiger partial charge is 0.356 e. The van der Waals surface area contributed by atoms with Crippen LogP contribution in [0.1, 0.15) is 6.92 Å². The van der Waals surface area contributed by atoms with Gasteiger partial charge in [-0.3, -0.25) is 4.99 Å². The number of nitrogens with one attached hydrogen (secondary N) is 3. The molecule has 32 heavy (non-hydrogen) atoms. The number of hydrogen-bond acceptors (Lipinski definition) is 4. The minimum Gasteiger partial charge on any atom is -0.356 e. The van der Waals surface area contributed by atoms with E-state index >= 15 is 0 Å². The number of anilines is 5. The van der Waals surface area contributed by atoms with Crippen molar-refractivity contribution < 1.29 is 0 Å². The van der Waals surface area contributed by atoms with Crippen LogP contribution in [0.2, 0.25) is 0 Å². The van der Waals surface area contributed by atoms with Gasteiger partial charge in [-0.05, 0) is 79.7 Å². The first-order valence-electron chi connectivity index (χ1n) is 10.4. The summed E-state index contributed by atoms with van der Waals surface area (Å²) < 4.78 is 0. The first-order chi connectivity index (χ1) is 15.7. The zero-order chi connectivity index (χ0) is 22.2. The Morgan fingerprint density at radius 1 is 0.562 bits per heavy atom. The maximum absolute atomic E-state index is 5.54. The molecule has 4 aromatic rings. The van der Waals surface area contributed by atoms with Gasteiger partial charge in [0.2, 0.25) is 0 Å². The average Bonchev–Trinajstić information content (AvgIpc) is 2.83. The smallest absolute Gasteiger partial charge is 0.125 e. The molecule has 4 nitrogen and oxygen atoms in total. The molecule has 0 radical (unpaired) electrons. The van der Waals surface area contributed by atoms with Crippen molar-refractivity contribution in [3.05, 3.63) is 109 Å². The Labute approximate surface area is 194 Å². The second-order valence-corrected chi connectivity index (χ2v) is 7.67. The van der Waals surface area contributed by atoms with Crippen molar-refractivity contribution in [1.82, 2.24) is 0 Å². The van der Waals surface area contributed by atoms with E-state index in [2.05, 4.69) is 20.9 Å². The van der Waals surface area contributed by atoms with Gasteiger partial charge in [0.05, 0.1) is 11.4 Å². The van der Waals surface area contributed by atoms with Crippen LogP contribution >= 0.6 is 12.2 Å². The molecule has 0 unspecified atom stereocenters. The molecule has 0 aromatic heterocycles. The molecule has 4 rings (SSSR count). The van der Waals surface area contributed by atoms with Crippen molar-refractivity contribution in [1.29, 1.82) is 0 Å². The highest BCUT2D eigenvalue weighted by atomic mass is 32.1.